The smallest absolute Gasteiger partial charge is 0.258 e. The third kappa shape index (κ3) is 5.44. The molecule has 3 amide bonds. The molecule has 3 aliphatic rings. The van der Waals surface area contributed by atoms with E-state index in [1.807, 2.05) is 13.0 Å². The molecule has 2 aromatic carbocycles. The molecule has 3 aliphatic heterocycles. The van der Waals surface area contributed by atoms with Gasteiger partial charge >= 0.3 is 0 Å². The Labute approximate surface area is 220 Å². The monoisotopic (exact) mass is 518 g/mol. The number of aromatic amines is 1. The molecule has 0 saturated carbocycles. The van der Waals surface area contributed by atoms with Crippen molar-refractivity contribution in [1.29, 1.82) is 0 Å². The van der Waals surface area contributed by atoms with Crippen LogP contribution >= 0.6 is 0 Å². The average molecular weight is 519 g/mol. The summed E-state index contributed by atoms with van der Waals surface area (Å²) in [6.45, 7) is 2.66. The average Bonchev–Trinajstić information content (AvgIpc) is 3.47. The van der Waals surface area contributed by atoms with Crippen LogP contribution in [0.5, 0.6) is 17.2 Å². The van der Waals surface area contributed by atoms with Crippen LogP contribution in [0.15, 0.2) is 54.9 Å². The third-order valence-electron chi connectivity index (χ3n) is 6.83. The van der Waals surface area contributed by atoms with Crippen LogP contribution in [0.4, 0.5) is 0 Å². The van der Waals surface area contributed by atoms with Gasteiger partial charge in [0.25, 0.3) is 17.7 Å². The van der Waals surface area contributed by atoms with Crippen molar-refractivity contribution in [3.63, 3.8) is 0 Å². The lowest BCUT2D eigenvalue weighted by Gasteiger charge is -2.38. The van der Waals surface area contributed by atoms with Crippen LogP contribution in [-0.2, 0) is 11.3 Å². The molecule has 4 bridgehead atoms. The fraction of sp³-hybridized carbons (Fsp3) is 0.321. The Morgan fingerprint density at radius 1 is 1.13 bits per heavy atom. The number of likely N-dealkylation sites (tertiary alicyclic amines) is 1. The Morgan fingerprint density at radius 2 is 2.00 bits per heavy atom. The van der Waals surface area contributed by atoms with Gasteiger partial charge in [0.2, 0.25) is 0 Å². The maximum absolute atomic E-state index is 13.4. The van der Waals surface area contributed by atoms with Gasteiger partial charge < -0.3 is 34.7 Å². The number of nitrogens with zero attached hydrogens (tertiary/aromatic N) is 1. The van der Waals surface area contributed by atoms with Crippen LogP contribution in [0.3, 0.4) is 0 Å². The number of piperidine rings is 1. The van der Waals surface area contributed by atoms with E-state index in [1.54, 1.807) is 60.8 Å². The van der Waals surface area contributed by atoms with Gasteiger partial charge in [-0.05, 0) is 42.8 Å². The van der Waals surface area contributed by atoms with E-state index in [9.17, 15) is 14.4 Å². The molecule has 38 heavy (non-hydrogen) atoms. The first kappa shape index (κ1) is 25.2. The summed E-state index contributed by atoms with van der Waals surface area (Å²) in [6.07, 6.45) is 3.49. The molecule has 3 aromatic rings. The van der Waals surface area contributed by atoms with Gasteiger partial charge in [-0.15, -0.1) is 0 Å². The molecule has 4 heterocycles. The largest absolute Gasteiger partial charge is 0.496 e. The standard InChI is InChI=1S/C28H30N4O6/c1-17-3-4-18-11-24(17)37-16-26(33)30-14-19-5-6-21(12-25(19)36-2)38-23-8-10-32(15-22(23)31-27(18)34)28(35)20-7-9-29-13-20/h3-7,9,11-13,22-23,29H,8,10,14-16H2,1-2H3,(H,30,33)(H,31,34)/t22-,23+/m0/s1. The van der Waals surface area contributed by atoms with Crippen molar-refractivity contribution < 1.29 is 28.6 Å². The summed E-state index contributed by atoms with van der Waals surface area (Å²) in [5, 5.41) is 5.90. The Bertz CT molecular complexity index is 1340. The van der Waals surface area contributed by atoms with Crippen molar-refractivity contribution in [3.8, 4) is 17.2 Å². The Hall–Kier alpha value is -4.47. The molecule has 1 aromatic heterocycles. The van der Waals surface area contributed by atoms with Crippen molar-refractivity contribution in [3.05, 3.63) is 77.1 Å². The number of nitrogens with one attached hydrogen (secondary N) is 3. The van der Waals surface area contributed by atoms with Crippen LogP contribution in [0, 0.1) is 6.92 Å². The molecule has 0 aliphatic carbocycles. The maximum Gasteiger partial charge on any atom is 0.258 e. The highest BCUT2D eigenvalue weighted by Crippen LogP contribution is 2.28. The van der Waals surface area contributed by atoms with E-state index in [4.69, 9.17) is 14.2 Å². The summed E-state index contributed by atoms with van der Waals surface area (Å²) < 4.78 is 17.6. The first-order valence-corrected chi connectivity index (χ1v) is 12.5. The minimum atomic E-state index is -0.477. The van der Waals surface area contributed by atoms with Gasteiger partial charge in [0.15, 0.2) is 6.61 Å². The van der Waals surface area contributed by atoms with Crippen molar-refractivity contribution in [2.75, 3.05) is 26.8 Å². The van der Waals surface area contributed by atoms with Gasteiger partial charge in [-0.1, -0.05) is 6.07 Å². The number of fused-ring (bicyclic) bond motifs is 7. The fourth-order valence-corrected chi connectivity index (χ4v) is 4.69. The number of ether oxygens (including phenoxy) is 3. The number of rotatable bonds is 2. The molecule has 1 saturated heterocycles. The molecule has 2 atom stereocenters. The highest BCUT2D eigenvalue weighted by molar-refractivity contribution is 5.96. The van der Waals surface area contributed by atoms with Crippen LogP contribution in [0.25, 0.3) is 0 Å². The quantitative estimate of drug-likeness (QED) is 0.479. The van der Waals surface area contributed by atoms with Gasteiger partial charge in [0.05, 0.1) is 18.7 Å². The number of amides is 3. The minimum absolute atomic E-state index is 0.114. The number of hydrogen-bond donors (Lipinski definition) is 3. The number of carbonyl (C=O) groups excluding carboxylic acids is 3. The van der Waals surface area contributed by atoms with E-state index in [1.165, 1.54) is 0 Å². The lowest BCUT2D eigenvalue weighted by atomic mass is 10.00. The summed E-state index contributed by atoms with van der Waals surface area (Å²) in [6, 6.07) is 11.8. The van der Waals surface area contributed by atoms with E-state index in [2.05, 4.69) is 15.6 Å². The van der Waals surface area contributed by atoms with E-state index >= 15 is 0 Å². The molecule has 3 N–H and O–H groups in total. The zero-order valence-corrected chi connectivity index (χ0v) is 21.3. The summed E-state index contributed by atoms with van der Waals surface area (Å²) >= 11 is 0. The predicted octanol–water partition coefficient (Wildman–Crippen LogP) is 2.43. The number of aryl methyl sites for hydroxylation is 1. The second kappa shape index (κ2) is 10.9. The van der Waals surface area contributed by atoms with Gasteiger partial charge in [-0.3, -0.25) is 14.4 Å². The molecule has 10 heteroatoms. The summed E-state index contributed by atoms with van der Waals surface area (Å²) in [4.78, 5) is 43.5. The molecule has 0 radical (unpaired) electrons. The number of carbonyl (C=O) groups is 3. The van der Waals surface area contributed by atoms with Gasteiger partial charge in [0, 0.05) is 55.6 Å². The molecule has 6 rings (SSSR count). The first-order valence-electron chi connectivity index (χ1n) is 12.5. The van der Waals surface area contributed by atoms with Gasteiger partial charge in [0.1, 0.15) is 23.4 Å². The number of H-pyrrole nitrogens is 1. The SMILES string of the molecule is COc1cc2ccc1CNC(=O)COc1cc(ccc1C)C(=O)N[C@H]1CN(C(=O)c3cc[nH]c3)CC[C@H]1O2. The molecule has 0 unspecified atom stereocenters. The number of aromatic nitrogens is 1. The van der Waals surface area contributed by atoms with E-state index in [0.717, 1.165) is 11.1 Å². The van der Waals surface area contributed by atoms with Gasteiger partial charge in [-0.25, -0.2) is 0 Å². The van der Waals surface area contributed by atoms with Crippen molar-refractivity contribution in [2.45, 2.75) is 32.0 Å². The second-order valence-corrected chi connectivity index (χ2v) is 9.40. The summed E-state index contributed by atoms with van der Waals surface area (Å²) in [5.74, 6) is 0.833. The highest BCUT2D eigenvalue weighted by Gasteiger charge is 2.35. The van der Waals surface area contributed by atoms with E-state index in [0.29, 0.717) is 41.3 Å². The molecular weight excluding hydrogens is 488 g/mol. The zero-order chi connectivity index (χ0) is 26.6. The van der Waals surface area contributed by atoms with Crippen LogP contribution < -0.4 is 24.8 Å². The molecule has 198 valence electrons. The molecule has 10 nitrogen and oxygen atoms in total. The number of methoxy groups -OCH3 is 1. The summed E-state index contributed by atoms with van der Waals surface area (Å²) in [5.41, 5.74) is 2.52. The number of benzene rings is 2. The number of hydrogen-bond acceptors (Lipinski definition) is 6. The maximum atomic E-state index is 13.4. The molecular formula is C28H30N4O6. The Kier molecular flexibility index (Phi) is 7.21. The van der Waals surface area contributed by atoms with Crippen molar-refractivity contribution in [1.82, 2.24) is 20.5 Å². The highest BCUT2D eigenvalue weighted by atomic mass is 16.5. The lowest BCUT2D eigenvalue weighted by molar-refractivity contribution is -0.123. The topological polar surface area (TPSA) is 122 Å². The van der Waals surface area contributed by atoms with Crippen molar-refractivity contribution >= 4 is 17.7 Å². The van der Waals surface area contributed by atoms with Crippen molar-refractivity contribution in [2.24, 2.45) is 0 Å². The van der Waals surface area contributed by atoms with Crippen LogP contribution in [0.2, 0.25) is 0 Å². The zero-order valence-electron chi connectivity index (χ0n) is 21.3. The lowest BCUT2D eigenvalue weighted by Crippen LogP contribution is -2.58. The molecule has 0 spiro atoms. The van der Waals surface area contributed by atoms with Crippen LogP contribution in [-0.4, -0.2) is 66.6 Å². The van der Waals surface area contributed by atoms with Gasteiger partial charge in [-0.2, -0.15) is 0 Å². The Balaban J connectivity index is 1.47. The second-order valence-electron chi connectivity index (χ2n) is 9.40. The normalized spacial score (nSPS) is 19.8. The summed E-state index contributed by atoms with van der Waals surface area (Å²) in [7, 11) is 1.56. The van der Waals surface area contributed by atoms with Crippen LogP contribution in [0.1, 0.15) is 38.3 Å². The Morgan fingerprint density at radius 3 is 2.79 bits per heavy atom. The predicted molar refractivity (Wildman–Crippen MR) is 138 cm³/mol. The third-order valence-corrected chi connectivity index (χ3v) is 6.83. The van der Waals surface area contributed by atoms with E-state index < -0.39 is 6.04 Å². The first-order chi connectivity index (χ1) is 18.4. The van der Waals surface area contributed by atoms with E-state index in [-0.39, 0.29) is 43.5 Å². The minimum Gasteiger partial charge on any atom is -0.496 e. The molecule has 1 fully saturated rings. The fourth-order valence-electron chi connectivity index (χ4n) is 4.69.